The average Bonchev–Trinajstić information content (AvgIpc) is 2.56. The molecule has 0 fully saturated rings. The number of carbonyl (C=O) groups is 2. The van der Waals surface area contributed by atoms with Crippen LogP contribution in [0.5, 0.6) is 0 Å². The minimum atomic E-state index is -0.314. The lowest BCUT2D eigenvalue weighted by molar-refractivity contribution is -0.120. The minimum Gasteiger partial charge on any atom is -0.294 e. The molecule has 0 amide bonds. The van der Waals surface area contributed by atoms with Gasteiger partial charge in [0.1, 0.15) is 5.70 Å². The third kappa shape index (κ3) is 1.04. The number of hydrogen-bond acceptors (Lipinski definition) is 6. The Hall–Kier alpha value is -2.24. The van der Waals surface area contributed by atoms with Crippen molar-refractivity contribution in [3.8, 4) is 0 Å². The maximum atomic E-state index is 11.6. The topological polar surface area (TPSA) is 84.6 Å². The van der Waals surface area contributed by atoms with Crippen molar-refractivity contribution in [1.82, 2.24) is 10.2 Å². The highest BCUT2D eigenvalue weighted by Crippen LogP contribution is 2.15. The molecule has 6 nitrogen and oxygen atoms in total. The SMILES string of the molecule is O=C1C=c2cnnc3c2=C(N=N3)C(=O)C1. The summed E-state index contributed by atoms with van der Waals surface area (Å²) in [6, 6.07) is 0. The molecule has 0 saturated heterocycles. The molecule has 15 heavy (non-hydrogen) atoms. The monoisotopic (exact) mass is 200 g/mol. The van der Waals surface area contributed by atoms with E-state index in [0.717, 1.165) is 0 Å². The van der Waals surface area contributed by atoms with E-state index in [9.17, 15) is 9.59 Å². The van der Waals surface area contributed by atoms with Gasteiger partial charge in [0.05, 0.1) is 17.8 Å². The quantitative estimate of drug-likeness (QED) is 0.503. The first-order chi connectivity index (χ1) is 7.25. The summed E-state index contributed by atoms with van der Waals surface area (Å²) < 4.78 is 0. The first-order valence-corrected chi connectivity index (χ1v) is 4.31. The van der Waals surface area contributed by atoms with E-state index in [4.69, 9.17) is 0 Å². The van der Waals surface area contributed by atoms with E-state index in [0.29, 0.717) is 16.3 Å². The smallest absolute Gasteiger partial charge is 0.206 e. The lowest BCUT2D eigenvalue weighted by Gasteiger charge is -1.90. The normalized spacial score (nSPS) is 17.5. The second-order valence-corrected chi connectivity index (χ2v) is 3.26. The van der Waals surface area contributed by atoms with Crippen LogP contribution in [-0.4, -0.2) is 21.8 Å². The van der Waals surface area contributed by atoms with Gasteiger partial charge in [0.15, 0.2) is 11.6 Å². The Labute approximate surface area is 83.0 Å². The van der Waals surface area contributed by atoms with E-state index in [2.05, 4.69) is 20.4 Å². The number of carbonyl (C=O) groups excluding carboxylic acids is 2. The molecule has 3 rings (SSSR count). The van der Waals surface area contributed by atoms with Crippen molar-refractivity contribution in [2.45, 2.75) is 6.42 Å². The number of aromatic nitrogens is 2. The molecule has 1 aliphatic heterocycles. The Morgan fingerprint density at radius 1 is 1.20 bits per heavy atom. The summed E-state index contributed by atoms with van der Waals surface area (Å²) in [5, 5.41) is 16.0. The van der Waals surface area contributed by atoms with Crippen LogP contribution in [0.25, 0.3) is 11.8 Å². The average molecular weight is 200 g/mol. The molecule has 0 aromatic carbocycles. The van der Waals surface area contributed by atoms with Crippen molar-refractivity contribution in [1.29, 1.82) is 0 Å². The summed E-state index contributed by atoms with van der Waals surface area (Å²) in [6.07, 6.45) is 2.66. The van der Waals surface area contributed by atoms with Crippen LogP contribution in [0.3, 0.4) is 0 Å². The molecule has 0 spiro atoms. The minimum absolute atomic E-state index is 0.164. The van der Waals surface area contributed by atoms with E-state index in [1.54, 1.807) is 0 Å². The van der Waals surface area contributed by atoms with E-state index in [-0.39, 0.29) is 23.7 Å². The number of ketones is 2. The molecule has 0 saturated carbocycles. The van der Waals surface area contributed by atoms with Gasteiger partial charge in [0, 0.05) is 5.22 Å². The zero-order valence-corrected chi connectivity index (χ0v) is 7.47. The Kier molecular flexibility index (Phi) is 1.42. The van der Waals surface area contributed by atoms with Crippen molar-refractivity contribution < 1.29 is 9.59 Å². The van der Waals surface area contributed by atoms with Crippen molar-refractivity contribution in [2.75, 3.05) is 0 Å². The highest BCUT2D eigenvalue weighted by molar-refractivity contribution is 6.27. The van der Waals surface area contributed by atoms with Gasteiger partial charge in [-0.15, -0.1) is 15.3 Å². The summed E-state index contributed by atoms with van der Waals surface area (Å²) >= 11 is 0. The predicted octanol–water partition coefficient (Wildman–Crippen LogP) is -0.996. The van der Waals surface area contributed by atoms with Gasteiger partial charge in [-0.2, -0.15) is 5.10 Å². The Morgan fingerprint density at radius 2 is 2.07 bits per heavy atom. The van der Waals surface area contributed by atoms with Gasteiger partial charge in [-0.05, 0) is 6.08 Å². The van der Waals surface area contributed by atoms with Gasteiger partial charge in [0.2, 0.25) is 5.82 Å². The van der Waals surface area contributed by atoms with Crippen LogP contribution in [0, 0.1) is 0 Å². The molecule has 2 heterocycles. The fraction of sp³-hybridized carbons (Fsp3) is 0.111. The lowest BCUT2D eigenvalue weighted by Crippen LogP contribution is -2.28. The third-order valence-electron chi connectivity index (χ3n) is 2.26. The standard InChI is InChI=1S/C9H4N4O2/c14-5-1-4-3-10-12-9-7(4)8(11-13-9)6(15)2-5/h1,3H,2H2. The molecule has 0 radical (unpaired) electrons. The summed E-state index contributed by atoms with van der Waals surface area (Å²) in [5.41, 5.74) is 0.219. The lowest BCUT2D eigenvalue weighted by atomic mass is 10.2. The summed E-state index contributed by atoms with van der Waals surface area (Å²) in [5.74, 6) is -0.250. The first kappa shape index (κ1) is 8.10. The number of azo groups is 1. The fourth-order valence-corrected chi connectivity index (χ4v) is 1.62. The summed E-state index contributed by atoms with van der Waals surface area (Å²) in [6.45, 7) is 0. The van der Waals surface area contributed by atoms with Gasteiger partial charge >= 0.3 is 0 Å². The molecule has 1 aromatic rings. The van der Waals surface area contributed by atoms with Crippen LogP contribution < -0.4 is 10.4 Å². The summed E-state index contributed by atoms with van der Waals surface area (Å²) in [4.78, 5) is 22.9. The molecule has 6 heteroatoms. The van der Waals surface area contributed by atoms with Gasteiger partial charge in [-0.1, -0.05) is 0 Å². The molecule has 72 valence electrons. The molecule has 0 N–H and O–H groups in total. The van der Waals surface area contributed by atoms with Crippen molar-refractivity contribution in [3.63, 3.8) is 0 Å². The predicted molar refractivity (Wildman–Crippen MR) is 48.3 cm³/mol. The van der Waals surface area contributed by atoms with Crippen molar-refractivity contribution >= 4 is 29.2 Å². The molecular weight excluding hydrogens is 196 g/mol. The zero-order valence-electron chi connectivity index (χ0n) is 7.47. The van der Waals surface area contributed by atoms with Crippen LogP contribution in [0.15, 0.2) is 16.4 Å². The molecule has 0 bridgehead atoms. The van der Waals surface area contributed by atoms with Gasteiger partial charge < -0.3 is 0 Å². The highest BCUT2D eigenvalue weighted by Gasteiger charge is 2.23. The zero-order chi connectivity index (χ0) is 10.4. The van der Waals surface area contributed by atoms with Crippen molar-refractivity contribution in [2.24, 2.45) is 10.2 Å². The van der Waals surface area contributed by atoms with E-state index < -0.39 is 0 Å². The maximum Gasteiger partial charge on any atom is 0.206 e. The van der Waals surface area contributed by atoms with E-state index >= 15 is 0 Å². The Balaban J connectivity index is 2.56. The van der Waals surface area contributed by atoms with Crippen LogP contribution in [0.1, 0.15) is 6.42 Å². The molecule has 2 aliphatic rings. The number of hydrogen-bond donors (Lipinski definition) is 0. The Bertz CT molecular complexity index is 645. The Morgan fingerprint density at radius 3 is 2.93 bits per heavy atom. The highest BCUT2D eigenvalue weighted by atomic mass is 16.1. The molecule has 0 unspecified atom stereocenters. The summed E-state index contributed by atoms with van der Waals surface area (Å²) in [7, 11) is 0. The molecule has 1 aromatic heterocycles. The van der Waals surface area contributed by atoms with Gasteiger partial charge in [-0.25, -0.2) is 0 Å². The van der Waals surface area contributed by atoms with E-state index in [1.807, 2.05) is 0 Å². The molecular formula is C9H4N4O2. The van der Waals surface area contributed by atoms with Gasteiger partial charge in [0.25, 0.3) is 0 Å². The molecule has 1 aliphatic carbocycles. The number of nitrogens with zero attached hydrogens (tertiary/aromatic N) is 4. The fourth-order valence-electron chi connectivity index (χ4n) is 1.62. The third-order valence-corrected chi connectivity index (χ3v) is 2.26. The molecule has 0 atom stereocenters. The number of rotatable bonds is 0. The maximum absolute atomic E-state index is 11.6. The number of Topliss-reactive ketones (excluding diaryl/α,β-unsaturated/α-hetero) is 2. The van der Waals surface area contributed by atoms with Crippen LogP contribution in [-0.2, 0) is 9.59 Å². The first-order valence-electron chi connectivity index (χ1n) is 4.31. The van der Waals surface area contributed by atoms with Crippen LogP contribution >= 0.6 is 0 Å². The second-order valence-electron chi connectivity index (χ2n) is 3.26. The van der Waals surface area contributed by atoms with Crippen molar-refractivity contribution in [3.05, 3.63) is 16.6 Å². The van der Waals surface area contributed by atoms with Crippen LogP contribution in [0.2, 0.25) is 0 Å². The van der Waals surface area contributed by atoms with Gasteiger partial charge in [-0.3, -0.25) is 9.59 Å². The second kappa shape index (κ2) is 2.63. The largest absolute Gasteiger partial charge is 0.294 e. The van der Waals surface area contributed by atoms with E-state index in [1.165, 1.54) is 12.3 Å². The van der Waals surface area contributed by atoms with Crippen LogP contribution in [0.4, 0.5) is 5.82 Å².